The summed E-state index contributed by atoms with van der Waals surface area (Å²) in [5.41, 5.74) is 4.59. The van der Waals surface area contributed by atoms with Crippen LogP contribution in [0.4, 0.5) is 0 Å². The molecular weight excluding hydrogens is 567 g/mol. The van der Waals surface area contributed by atoms with Gasteiger partial charge in [-0.2, -0.15) is 5.10 Å². The maximum absolute atomic E-state index is 4.60. The molecule has 0 atom stereocenters. The minimum absolute atomic E-state index is 0. The molecule has 0 saturated carbocycles. The molecule has 0 aliphatic heterocycles. The fourth-order valence-electron chi connectivity index (χ4n) is 4.60. The van der Waals surface area contributed by atoms with Gasteiger partial charge in [0.2, 0.25) is 0 Å². The maximum atomic E-state index is 4.60. The van der Waals surface area contributed by atoms with Crippen molar-refractivity contribution in [3.63, 3.8) is 0 Å². The summed E-state index contributed by atoms with van der Waals surface area (Å²) in [6, 6.07) is 27.9. The van der Waals surface area contributed by atoms with Gasteiger partial charge in [-0.05, 0) is 34.1 Å². The third-order valence-corrected chi connectivity index (χ3v) is 6.68. The number of rotatable bonds is 1. The van der Waals surface area contributed by atoms with Crippen molar-refractivity contribution in [2.75, 3.05) is 0 Å². The average Bonchev–Trinajstić information content (AvgIpc) is 3.49. The van der Waals surface area contributed by atoms with E-state index in [-0.39, 0.29) is 20.1 Å². The number of nitrogens with zero attached hydrogens (tertiary/aromatic N) is 3. The zero-order valence-electron chi connectivity index (χ0n) is 15.7. The first-order valence-electron chi connectivity index (χ1n) is 9.59. The van der Waals surface area contributed by atoms with Gasteiger partial charge in [0, 0.05) is 48.1 Å². The van der Waals surface area contributed by atoms with Gasteiger partial charge < -0.3 is 4.57 Å². The fourth-order valence-corrected chi connectivity index (χ4v) is 5.58. The number of hydrogen-bond donors (Lipinski definition) is 0. The van der Waals surface area contributed by atoms with Gasteiger partial charge in [-0.25, -0.2) is 0 Å². The van der Waals surface area contributed by atoms with Gasteiger partial charge in [-0.3, -0.25) is 15.9 Å². The van der Waals surface area contributed by atoms with E-state index in [2.05, 4.69) is 93.9 Å². The number of hydrogen-bond acceptors (Lipinski definition) is 2. The topological polar surface area (TPSA) is 22.2 Å². The predicted molar refractivity (Wildman–Crippen MR) is 121 cm³/mol. The maximum Gasteiger partial charge on any atom is 0.0711 e. The summed E-state index contributed by atoms with van der Waals surface area (Å²) in [5.74, 6) is 0. The summed E-state index contributed by atoms with van der Waals surface area (Å²) in [4.78, 5) is 0. The van der Waals surface area contributed by atoms with E-state index in [4.69, 9.17) is 0 Å². The first kappa shape index (κ1) is 17.8. The van der Waals surface area contributed by atoms with Crippen LogP contribution in [0.25, 0.3) is 54.0 Å². The fraction of sp³-hybridized carbons (Fsp3) is 0. The van der Waals surface area contributed by atoms with Crippen molar-refractivity contribution >= 4 is 60.3 Å². The van der Waals surface area contributed by atoms with Gasteiger partial charge in [0.25, 0.3) is 0 Å². The van der Waals surface area contributed by atoms with Gasteiger partial charge in [0.1, 0.15) is 0 Å². The second kappa shape index (κ2) is 6.51. The molecule has 0 aliphatic rings. The van der Waals surface area contributed by atoms with E-state index in [0.717, 1.165) is 11.0 Å². The number of para-hydroxylation sites is 2. The van der Waals surface area contributed by atoms with E-state index in [1.54, 1.807) is 11.3 Å². The van der Waals surface area contributed by atoms with Crippen LogP contribution in [-0.4, -0.2) is 14.2 Å². The van der Waals surface area contributed by atoms with Crippen LogP contribution in [0.5, 0.6) is 0 Å². The molecule has 7 aromatic rings. The van der Waals surface area contributed by atoms with Crippen LogP contribution >= 0.6 is 11.3 Å². The third-order valence-electron chi connectivity index (χ3n) is 5.81. The molecule has 0 bridgehead atoms. The molecule has 7 rings (SSSR count). The molecule has 0 amide bonds. The van der Waals surface area contributed by atoms with Crippen molar-refractivity contribution in [2.45, 2.75) is 0 Å². The molecule has 4 aromatic heterocycles. The Bertz CT molecular complexity index is 1670. The predicted octanol–water partition coefficient (Wildman–Crippen LogP) is 6.60. The molecule has 30 heavy (non-hydrogen) atoms. The summed E-state index contributed by atoms with van der Waals surface area (Å²) >= 11 is 1.66. The molecule has 0 unspecified atom stereocenters. The number of benzene rings is 3. The Morgan fingerprint density at radius 1 is 0.667 bits per heavy atom. The molecule has 145 valence electrons. The minimum Gasteiger partial charge on any atom is -0.365 e. The molecule has 0 saturated heterocycles. The molecule has 3 nitrogen and oxygen atoms in total. The quantitative estimate of drug-likeness (QED) is 0.201. The second-order valence-electron chi connectivity index (χ2n) is 7.28. The summed E-state index contributed by atoms with van der Waals surface area (Å²) in [6.07, 6.45) is 1.87. The van der Waals surface area contributed by atoms with E-state index < -0.39 is 0 Å². The van der Waals surface area contributed by atoms with Crippen molar-refractivity contribution in [3.05, 3.63) is 90.4 Å². The van der Waals surface area contributed by atoms with Crippen LogP contribution in [0.3, 0.4) is 0 Å². The summed E-state index contributed by atoms with van der Waals surface area (Å²) in [7, 11) is 0. The van der Waals surface area contributed by atoms with Crippen LogP contribution in [0.1, 0.15) is 0 Å². The average molecular weight is 581 g/mol. The van der Waals surface area contributed by atoms with Crippen molar-refractivity contribution in [1.82, 2.24) is 14.2 Å². The van der Waals surface area contributed by atoms with E-state index in [1.807, 2.05) is 10.7 Å². The van der Waals surface area contributed by atoms with Crippen molar-refractivity contribution in [2.24, 2.45) is 0 Å². The summed E-state index contributed by atoms with van der Waals surface area (Å²) in [6.45, 7) is 0. The van der Waals surface area contributed by atoms with Crippen molar-refractivity contribution < 1.29 is 20.1 Å². The SMILES string of the molecule is [Ir].[c-]1sc(-n2c3ccccc3c3ccccc32)c2c3ccccc3c3ccnn3c12. The van der Waals surface area contributed by atoms with Crippen LogP contribution in [0.2, 0.25) is 0 Å². The molecule has 4 heterocycles. The Morgan fingerprint density at radius 3 is 1.90 bits per heavy atom. The van der Waals surface area contributed by atoms with E-state index in [0.29, 0.717) is 0 Å². The van der Waals surface area contributed by atoms with Gasteiger partial charge >= 0.3 is 0 Å². The zero-order chi connectivity index (χ0) is 18.9. The van der Waals surface area contributed by atoms with Crippen molar-refractivity contribution in [1.29, 1.82) is 0 Å². The van der Waals surface area contributed by atoms with Gasteiger partial charge in [-0.1, -0.05) is 71.4 Å². The Labute approximate surface area is 189 Å². The summed E-state index contributed by atoms with van der Waals surface area (Å²) < 4.78 is 4.40. The number of pyridine rings is 1. The molecule has 5 heteroatoms. The molecule has 0 spiro atoms. The summed E-state index contributed by atoms with van der Waals surface area (Å²) in [5, 5.41) is 15.5. The molecule has 3 aromatic carbocycles. The number of thiophene rings is 1. The van der Waals surface area contributed by atoms with E-state index in [9.17, 15) is 0 Å². The standard InChI is InChI=1S/C25H14N3S.Ir/c1-2-10-19-18(9-1)22-13-14-26-28(22)23-15-29-25(24(19)23)27-20-11-5-3-7-16(20)17-8-4-6-12-21(17)27;/h1-14H;/q-1;. The van der Waals surface area contributed by atoms with Gasteiger partial charge in [0.15, 0.2) is 0 Å². The normalized spacial score (nSPS) is 11.7. The largest absolute Gasteiger partial charge is 0.365 e. The zero-order valence-corrected chi connectivity index (χ0v) is 18.9. The number of aromatic nitrogens is 3. The molecular formula is C25H14IrN3S-. The number of fused-ring (bicyclic) bond motifs is 9. The Kier molecular flexibility index (Phi) is 3.87. The van der Waals surface area contributed by atoms with Crippen LogP contribution in [0.15, 0.2) is 85.1 Å². The van der Waals surface area contributed by atoms with Crippen molar-refractivity contribution in [3.8, 4) is 5.00 Å². The Hall–Kier alpha value is -2.98. The monoisotopic (exact) mass is 581 g/mol. The van der Waals surface area contributed by atoms with Gasteiger partial charge in [0.05, 0.1) is 5.52 Å². The van der Waals surface area contributed by atoms with Crippen LogP contribution < -0.4 is 0 Å². The molecule has 1 radical (unpaired) electrons. The Balaban J connectivity index is 0.00000175. The first-order valence-corrected chi connectivity index (χ1v) is 10.4. The van der Waals surface area contributed by atoms with E-state index >= 15 is 0 Å². The Morgan fingerprint density at radius 2 is 1.23 bits per heavy atom. The smallest absolute Gasteiger partial charge is 0.0711 e. The molecule has 0 fully saturated rings. The van der Waals surface area contributed by atoms with Crippen LogP contribution in [-0.2, 0) is 20.1 Å². The second-order valence-corrected chi connectivity index (χ2v) is 8.07. The van der Waals surface area contributed by atoms with E-state index in [1.165, 1.54) is 43.0 Å². The van der Waals surface area contributed by atoms with Crippen LogP contribution in [0, 0.1) is 5.38 Å². The third kappa shape index (κ3) is 2.20. The minimum atomic E-state index is 0. The first-order chi connectivity index (χ1) is 14.4. The molecule has 0 aliphatic carbocycles. The van der Waals surface area contributed by atoms with Gasteiger partial charge in [-0.15, -0.1) is 5.39 Å². The molecule has 0 N–H and O–H groups in total.